The number of hydrogen-bond donors (Lipinski definition) is 1. The van der Waals surface area contributed by atoms with Gasteiger partial charge in [0, 0.05) is 24.0 Å². The van der Waals surface area contributed by atoms with Gasteiger partial charge in [-0.1, -0.05) is 25.0 Å². The number of nitrogen functional groups attached to an aromatic ring is 1. The average Bonchev–Trinajstić information content (AvgIpc) is 2.85. The SMILES string of the molecule is Cn1nc2c(N)cccc2c1C1CCCC1. The number of aryl methyl sites for hydroxylation is 1. The Hall–Kier alpha value is -1.51. The molecule has 0 saturated heterocycles. The minimum absolute atomic E-state index is 0.678. The van der Waals surface area contributed by atoms with Crippen molar-refractivity contribution in [3.8, 4) is 0 Å². The molecule has 1 aliphatic carbocycles. The first-order chi connectivity index (χ1) is 7.77. The summed E-state index contributed by atoms with van der Waals surface area (Å²) in [6.07, 6.45) is 5.28. The van der Waals surface area contributed by atoms with Gasteiger partial charge in [-0.2, -0.15) is 5.10 Å². The number of fused-ring (bicyclic) bond motifs is 1. The maximum Gasteiger partial charge on any atom is 0.115 e. The van der Waals surface area contributed by atoms with Gasteiger partial charge in [-0.05, 0) is 18.9 Å². The summed E-state index contributed by atoms with van der Waals surface area (Å²) in [6.45, 7) is 0. The summed E-state index contributed by atoms with van der Waals surface area (Å²) < 4.78 is 2.02. The Labute approximate surface area is 95.2 Å². The van der Waals surface area contributed by atoms with Crippen LogP contribution in [0.25, 0.3) is 10.9 Å². The highest BCUT2D eigenvalue weighted by molar-refractivity contribution is 5.91. The van der Waals surface area contributed by atoms with Gasteiger partial charge in [-0.15, -0.1) is 0 Å². The van der Waals surface area contributed by atoms with E-state index in [0.29, 0.717) is 5.92 Å². The Kier molecular flexibility index (Phi) is 2.13. The smallest absolute Gasteiger partial charge is 0.115 e. The number of nitrogens with zero attached hydrogens (tertiary/aromatic N) is 2. The number of rotatable bonds is 1. The van der Waals surface area contributed by atoms with Gasteiger partial charge in [0.15, 0.2) is 0 Å². The highest BCUT2D eigenvalue weighted by atomic mass is 15.3. The van der Waals surface area contributed by atoms with Gasteiger partial charge in [0.25, 0.3) is 0 Å². The molecule has 3 heteroatoms. The van der Waals surface area contributed by atoms with Crippen molar-refractivity contribution in [1.29, 1.82) is 0 Å². The molecule has 1 aliphatic rings. The van der Waals surface area contributed by atoms with Gasteiger partial charge in [-0.25, -0.2) is 0 Å². The lowest BCUT2D eigenvalue weighted by molar-refractivity contribution is 0.623. The van der Waals surface area contributed by atoms with Crippen molar-refractivity contribution in [1.82, 2.24) is 9.78 Å². The number of benzene rings is 1. The van der Waals surface area contributed by atoms with E-state index in [1.807, 2.05) is 23.9 Å². The molecule has 1 saturated carbocycles. The normalized spacial score (nSPS) is 17.3. The zero-order valence-corrected chi connectivity index (χ0v) is 9.61. The molecule has 1 aromatic heterocycles. The fraction of sp³-hybridized carbons (Fsp3) is 0.462. The van der Waals surface area contributed by atoms with Crippen LogP contribution in [0.4, 0.5) is 5.69 Å². The van der Waals surface area contributed by atoms with Gasteiger partial charge in [0.05, 0.1) is 5.69 Å². The number of hydrogen-bond acceptors (Lipinski definition) is 2. The summed E-state index contributed by atoms with van der Waals surface area (Å²) >= 11 is 0. The highest BCUT2D eigenvalue weighted by Gasteiger charge is 2.23. The van der Waals surface area contributed by atoms with E-state index < -0.39 is 0 Å². The van der Waals surface area contributed by atoms with Gasteiger partial charge in [-0.3, -0.25) is 4.68 Å². The molecule has 16 heavy (non-hydrogen) atoms. The summed E-state index contributed by atoms with van der Waals surface area (Å²) in [5.41, 5.74) is 9.09. The molecule has 0 atom stereocenters. The minimum Gasteiger partial charge on any atom is -0.397 e. The van der Waals surface area contributed by atoms with E-state index in [1.165, 1.54) is 36.8 Å². The summed E-state index contributed by atoms with van der Waals surface area (Å²) in [7, 11) is 2.03. The third kappa shape index (κ3) is 1.31. The highest BCUT2D eigenvalue weighted by Crippen LogP contribution is 2.38. The van der Waals surface area contributed by atoms with E-state index in [-0.39, 0.29) is 0 Å². The first kappa shape index (κ1) is 9.70. The van der Waals surface area contributed by atoms with Gasteiger partial charge in [0.2, 0.25) is 0 Å². The molecule has 0 bridgehead atoms. The van der Waals surface area contributed by atoms with Crippen LogP contribution < -0.4 is 5.73 Å². The summed E-state index contributed by atoms with van der Waals surface area (Å²) in [5.74, 6) is 0.678. The molecule has 0 spiro atoms. The van der Waals surface area contributed by atoms with E-state index in [1.54, 1.807) is 0 Å². The lowest BCUT2D eigenvalue weighted by Crippen LogP contribution is -2.02. The third-order valence-electron chi connectivity index (χ3n) is 3.68. The molecular formula is C13H17N3. The summed E-state index contributed by atoms with van der Waals surface area (Å²) in [5, 5.41) is 5.79. The number of aromatic nitrogens is 2. The molecule has 1 fully saturated rings. The van der Waals surface area contributed by atoms with E-state index >= 15 is 0 Å². The standard InChI is InChI=1S/C13H17N3/c1-16-13(9-5-2-3-6-9)10-7-4-8-11(14)12(10)15-16/h4,7-9H,2-3,5-6,14H2,1H3. The molecule has 0 unspecified atom stereocenters. The van der Waals surface area contributed by atoms with Crippen molar-refractivity contribution in [2.45, 2.75) is 31.6 Å². The number of anilines is 1. The second-order valence-corrected chi connectivity index (χ2v) is 4.73. The Balaban J connectivity index is 2.22. The van der Waals surface area contributed by atoms with Crippen LogP contribution in [0.5, 0.6) is 0 Å². The molecule has 2 aromatic rings. The first-order valence-corrected chi connectivity index (χ1v) is 5.98. The lowest BCUT2D eigenvalue weighted by Gasteiger charge is -2.09. The van der Waals surface area contributed by atoms with Crippen LogP contribution in [0.1, 0.15) is 37.3 Å². The number of nitrogens with two attached hydrogens (primary N) is 1. The van der Waals surface area contributed by atoms with E-state index in [0.717, 1.165) is 11.2 Å². The molecule has 2 N–H and O–H groups in total. The molecule has 3 nitrogen and oxygen atoms in total. The molecule has 1 aromatic carbocycles. The average molecular weight is 215 g/mol. The third-order valence-corrected chi connectivity index (χ3v) is 3.68. The zero-order valence-electron chi connectivity index (χ0n) is 9.61. The van der Waals surface area contributed by atoms with Crippen molar-refractivity contribution in [2.75, 3.05) is 5.73 Å². The fourth-order valence-corrected chi connectivity index (χ4v) is 2.94. The van der Waals surface area contributed by atoms with Gasteiger partial charge in [0.1, 0.15) is 5.52 Å². The predicted molar refractivity (Wildman–Crippen MR) is 66.3 cm³/mol. The maximum atomic E-state index is 5.96. The minimum atomic E-state index is 0.678. The molecule has 0 amide bonds. The Bertz CT molecular complexity index is 521. The van der Waals surface area contributed by atoms with Crippen molar-refractivity contribution < 1.29 is 0 Å². The fourth-order valence-electron chi connectivity index (χ4n) is 2.94. The molecule has 1 heterocycles. The predicted octanol–water partition coefficient (Wildman–Crippen LogP) is 2.81. The summed E-state index contributed by atoms with van der Waals surface area (Å²) in [4.78, 5) is 0. The van der Waals surface area contributed by atoms with Crippen LogP contribution in [-0.4, -0.2) is 9.78 Å². The van der Waals surface area contributed by atoms with Crippen molar-refractivity contribution in [2.24, 2.45) is 7.05 Å². The Morgan fingerprint density at radius 3 is 2.81 bits per heavy atom. The van der Waals surface area contributed by atoms with E-state index in [2.05, 4.69) is 11.2 Å². The van der Waals surface area contributed by atoms with Crippen molar-refractivity contribution in [3.05, 3.63) is 23.9 Å². The van der Waals surface area contributed by atoms with Crippen LogP contribution in [0.15, 0.2) is 18.2 Å². The molecule has 3 rings (SSSR count). The van der Waals surface area contributed by atoms with Crippen molar-refractivity contribution in [3.63, 3.8) is 0 Å². The maximum absolute atomic E-state index is 5.96. The monoisotopic (exact) mass is 215 g/mol. The second-order valence-electron chi connectivity index (χ2n) is 4.73. The Morgan fingerprint density at radius 1 is 1.31 bits per heavy atom. The van der Waals surface area contributed by atoms with Gasteiger partial charge < -0.3 is 5.73 Å². The Morgan fingerprint density at radius 2 is 2.06 bits per heavy atom. The first-order valence-electron chi connectivity index (χ1n) is 5.98. The van der Waals surface area contributed by atoms with E-state index in [9.17, 15) is 0 Å². The quantitative estimate of drug-likeness (QED) is 0.743. The molecule has 0 aliphatic heterocycles. The van der Waals surface area contributed by atoms with Gasteiger partial charge >= 0.3 is 0 Å². The lowest BCUT2D eigenvalue weighted by atomic mass is 10.00. The van der Waals surface area contributed by atoms with Crippen LogP contribution in [0.3, 0.4) is 0 Å². The van der Waals surface area contributed by atoms with Crippen molar-refractivity contribution >= 4 is 16.6 Å². The van der Waals surface area contributed by atoms with Crippen LogP contribution in [-0.2, 0) is 7.05 Å². The molecule has 84 valence electrons. The second kappa shape index (κ2) is 3.51. The van der Waals surface area contributed by atoms with Crippen LogP contribution >= 0.6 is 0 Å². The van der Waals surface area contributed by atoms with Crippen LogP contribution in [0, 0.1) is 0 Å². The van der Waals surface area contributed by atoms with Crippen LogP contribution in [0.2, 0.25) is 0 Å². The summed E-state index contributed by atoms with van der Waals surface area (Å²) in [6, 6.07) is 6.10. The molecule has 0 radical (unpaired) electrons. The largest absolute Gasteiger partial charge is 0.397 e. The molecular weight excluding hydrogens is 198 g/mol. The van der Waals surface area contributed by atoms with E-state index in [4.69, 9.17) is 5.73 Å². The topological polar surface area (TPSA) is 43.8 Å². The zero-order chi connectivity index (χ0) is 11.1.